The highest BCUT2D eigenvalue weighted by atomic mass is 16.5. The molecule has 2 heterocycles. The molecular weight excluding hydrogens is 202 g/mol. The van der Waals surface area contributed by atoms with Crippen molar-refractivity contribution in [3.63, 3.8) is 0 Å². The van der Waals surface area contributed by atoms with Crippen LogP contribution in [0.1, 0.15) is 6.92 Å². The number of hydrogen-bond donors (Lipinski definition) is 1. The molecule has 0 radical (unpaired) electrons. The van der Waals surface area contributed by atoms with E-state index >= 15 is 0 Å². The second kappa shape index (κ2) is 4.61. The van der Waals surface area contributed by atoms with Crippen molar-refractivity contribution < 1.29 is 4.74 Å². The fourth-order valence-corrected chi connectivity index (χ4v) is 1.40. The second-order valence-corrected chi connectivity index (χ2v) is 3.31. The Morgan fingerprint density at radius 1 is 1.19 bits per heavy atom. The quantitative estimate of drug-likeness (QED) is 0.851. The third kappa shape index (κ3) is 2.28. The summed E-state index contributed by atoms with van der Waals surface area (Å²) in [6, 6.07) is 5.61. The molecule has 4 heteroatoms. The molecule has 0 atom stereocenters. The van der Waals surface area contributed by atoms with E-state index in [2.05, 4.69) is 9.97 Å². The predicted molar refractivity (Wildman–Crippen MR) is 63.0 cm³/mol. The maximum absolute atomic E-state index is 5.53. The number of rotatable bonds is 3. The summed E-state index contributed by atoms with van der Waals surface area (Å²) in [6.45, 7) is 2.57. The number of nitrogens with two attached hydrogens (primary N) is 1. The van der Waals surface area contributed by atoms with E-state index in [-0.39, 0.29) is 0 Å². The van der Waals surface area contributed by atoms with Gasteiger partial charge in [0.15, 0.2) is 0 Å². The van der Waals surface area contributed by atoms with Crippen LogP contribution in [0, 0.1) is 0 Å². The van der Waals surface area contributed by atoms with Crippen LogP contribution >= 0.6 is 0 Å². The highest BCUT2D eigenvalue weighted by molar-refractivity contribution is 5.63. The standard InChI is InChI=1S/C12H13N3O/c1-2-16-11-5-10(6-14-8-11)9-3-4-12(13)15-7-9/h3-8H,2H2,1H3,(H2,13,15). The SMILES string of the molecule is CCOc1cncc(-c2ccc(N)nc2)c1. The highest BCUT2D eigenvalue weighted by Crippen LogP contribution is 2.22. The Morgan fingerprint density at radius 3 is 2.75 bits per heavy atom. The zero-order chi connectivity index (χ0) is 11.4. The van der Waals surface area contributed by atoms with Crippen LogP contribution in [0.4, 0.5) is 5.82 Å². The Morgan fingerprint density at radius 2 is 2.06 bits per heavy atom. The lowest BCUT2D eigenvalue weighted by Crippen LogP contribution is -1.93. The van der Waals surface area contributed by atoms with Gasteiger partial charge in [-0.2, -0.15) is 0 Å². The van der Waals surface area contributed by atoms with Crippen LogP contribution in [0.15, 0.2) is 36.8 Å². The highest BCUT2D eigenvalue weighted by Gasteiger charge is 2.00. The van der Waals surface area contributed by atoms with E-state index in [9.17, 15) is 0 Å². The summed E-state index contributed by atoms with van der Waals surface area (Å²) < 4.78 is 5.38. The number of hydrogen-bond acceptors (Lipinski definition) is 4. The van der Waals surface area contributed by atoms with Gasteiger partial charge in [0.05, 0.1) is 12.8 Å². The molecule has 4 nitrogen and oxygen atoms in total. The van der Waals surface area contributed by atoms with E-state index in [1.54, 1.807) is 24.7 Å². The number of anilines is 1. The van der Waals surface area contributed by atoms with Crippen molar-refractivity contribution in [2.24, 2.45) is 0 Å². The van der Waals surface area contributed by atoms with Gasteiger partial charge in [0, 0.05) is 23.5 Å². The Bertz CT molecular complexity index is 468. The molecule has 0 aliphatic carbocycles. The minimum atomic E-state index is 0.512. The lowest BCUT2D eigenvalue weighted by molar-refractivity contribution is 0.339. The topological polar surface area (TPSA) is 61.0 Å². The molecule has 82 valence electrons. The maximum Gasteiger partial charge on any atom is 0.138 e. The van der Waals surface area contributed by atoms with Gasteiger partial charge in [-0.05, 0) is 25.1 Å². The summed E-state index contributed by atoms with van der Waals surface area (Å²) in [5.41, 5.74) is 7.48. The minimum Gasteiger partial charge on any atom is -0.492 e. The van der Waals surface area contributed by atoms with E-state index in [1.807, 2.05) is 19.1 Å². The largest absolute Gasteiger partial charge is 0.492 e. The lowest BCUT2D eigenvalue weighted by Gasteiger charge is -2.05. The van der Waals surface area contributed by atoms with E-state index in [1.165, 1.54) is 0 Å². The molecule has 0 aliphatic heterocycles. The number of aromatic nitrogens is 2. The minimum absolute atomic E-state index is 0.512. The molecule has 2 N–H and O–H groups in total. The normalized spacial score (nSPS) is 10.1. The fourth-order valence-electron chi connectivity index (χ4n) is 1.40. The molecule has 2 rings (SSSR count). The van der Waals surface area contributed by atoms with E-state index in [4.69, 9.17) is 10.5 Å². The molecule has 0 saturated carbocycles. The van der Waals surface area contributed by atoms with Crippen LogP contribution in [0.2, 0.25) is 0 Å². The van der Waals surface area contributed by atoms with E-state index in [0.717, 1.165) is 16.9 Å². The predicted octanol–water partition coefficient (Wildman–Crippen LogP) is 2.12. The van der Waals surface area contributed by atoms with Crippen LogP contribution in [-0.4, -0.2) is 16.6 Å². The molecule has 0 unspecified atom stereocenters. The summed E-state index contributed by atoms with van der Waals surface area (Å²) in [6.07, 6.45) is 5.19. The summed E-state index contributed by atoms with van der Waals surface area (Å²) in [7, 11) is 0. The second-order valence-electron chi connectivity index (χ2n) is 3.31. The molecule has 0 saturated heterocycles. The van der Waals surface area contributed by atoms with Crippen LogP contribution in [-0.2, 0) is 0 Å². The van der Waals surface area contributed by atoms with Crippen LogP contribution < -0.4 is 10.5 Å². The first kappa shape index (κ1) is 10.4. The molecule has 0 fully saturated rings. The zero-order valence-electron chi connectivity index (χ0n) is 9.05. The third-order valence-corrected chi connectivity index (χ3v) is 2.14. The Kier molecular flexibility index (Phi) is 3.00. The molecule has 0 amide bonds. The molecule has 0 aromatic carbocycles. The number of pyridine rings is 2. The monoisotopic (exact) mass is 215 g/mol. The van der Waals surface area contributed by atoms with Crippen LogP contribution in [0.3, 0.4) is 0 Å². The lowest BCUT2D eigenvalue weighted by atomic mass is 10.1. The first-order chi connectivity index (χ1) is 7.79. The third-order valence-electron chi connectivity index (χ3n) is 2.14. The summed E-state index contributed by atoms with van der Waals surface area (Å²) in [4.78, 5) is 8.16. The van der Waals surface area contributed by atoms with Crippen molar-refractivity contribution in [1.82, 2.24) is 9.97 Å². The molecule has 16 heavy (non-hydrogen) atoms. The van der Waals surface area contributed by atoms with E-state index in [0.29, 0.717) is 12.4 Å². The maximum atomic E-state index is 5.53. The molecule has 0 aliphatic rings. The Labute approximate surface area is 94.1 Å². The molecule has 0 spiro atoms. The van der Waals surface area contributed by atoms with Gasteiger partial charge in [0.25, 0.3) is 0 Å². The van der Waals surface area contributed by atoms with Crippen molar-refractivity contribution in [2.45, 2.75) is 6.92 Å². The van der Waals surface area contributed by atoms with Gasteiger partial charge in [-0.15, -0.1) is 0 Å². The van der Waals surface area contributed by atoms with Crippen molar-refractivity contribution >= 4 is 5.82 Å². The van der Waals surface area contributed by atoms with Gasteiger partial charge in [-0.3, -0.25) is 4.98 Å². The molecule has 2 aromatic heterocycles. The smallest absolute Gasteiger partial charge is 0.138 e. The van der Waals surface area contributed by atoms with E-state index < -0.39 is 0 Å². The van der Waals surface area contributed by atoms with Crippen molar-refractivity contribution in [3.05, 3.63) is 36.8 Å². The average Bonchev–Trinajstić information content (AvgIpc) is 2.31. The Hall–Kier alpha value is -2.10. The first-order valence-electron chi connectivity index (χ1n) is 5.09. The Balaban J connectivity index is 2.32. The fraction of sp³-hybridized carbons (Fsp3) is 0.167. The van der Waals surface area contributed by atoms with Gasteiger partial charge >= 0.3 is 0 Å². The van der Waals surface area contributed by atoms with Gasteiger partial charge in [0.2, 0.25) is 0 Å². The van der Waals surface area contributed by atoms with Crippen LogP contribution in [0.5, 0.6) is 5.75 Å². The van der Waals surface area contributed by atoms with Crippen molar-refractivity contribution in [1.29, 1.82) is 0 Å². The van der Waals surface area contributed by atoms with Gasteiger partial charge in [-0.25, -0.2) is 4.98 Å². The summed E-state index contributed by atoms with van der Waals surface area (Å²) in [5.74, 6) is 1.27. The molecule has 2 aromatic rings. The van der Waals surface area contributed by atoms with Gasteiger partial charge in [0.1, 0.15) is 11.6 Å². The van der Waals surface area contributed by atoms with Crippen molar-refractivity contribution in [2.75, 3.05) is 12.3 Å². The van der Waals surface area contributed by atoms with Gasteiger partial charge in [-0.1, -0.05) is 0 Å². The number of ether oxygens (including phenoxy) is 1. The average molecular weight is 215 g/mol. The summed E-state index contributed by atoms with van der Waals surface area (Å²) in [5, 5.41) is 0. The van der Waals surface area contributed by atoms with Gasteiger partial charge < -0.3 is 10.5 Å². The summed E-state index contributed by atoms with van der Waals surface area (Å²) >= 11 is 0. The first-order valence-corrected chi connectivity index (χ1v) is 5.09. The molecular formula is C12H13N3O. The zero-order valence-corrected chi connectivity index (χ0v) is 9.05. The van der Waals surface area contributed by atoms with Crippen LogP contribution in [0.25, 0.3) is 11.1 Å². The number of nitrogens with zero attached hydrogens (tertiary/aromatic N) is 2. The molecule has 0 bridgehead atoms. The van der Waals surface area contributed by atoms with Crippen molar-refractivity contribution in [3.8, 4) is 16.9 Å². The number of nitrogen functional groups attached to an aromatic ring is 1.